The molecule has 0 aromatic heterocycles. The Balaban J connectivity index is 1.00. The van der Waals surface area contributed by atoms with Crippen molar-refractivity contribution in [2.24, 2.45) is 23.7 Å². The van der Waals surface area contributed by atoms with E-state index in [0.29, 0.717) is 25.8 Å². The lowest BCUT2D eigenvalue weighted by atomic mass is 9.89. The Labute approximate surface area is 450 Å². The number of carbonyl (C=O) groups excluding carboxylic acids is 6. The van der Waals surface area contributed by atoms with Crippen molar-refractivity contribution in [3.8, 4) is 11.1 Å². The predicted octanol–water partition coefficient (Wildman–Crippen LogP) is 7.54. The molecule has 3 heterocycles. The largest absolute Gasteiger partial charge is 0.448 e. The van der Waals surface area contributed by atoms with Gasteiger partial charge in [0.2, 0.25) is 23.6 Å². The molecule has 8 rings (SSSR count). The maximum Gasteiger partial charge on any atom is 0.410 e. The number of ether oxygens (including phenoxy) is 3. The minimum atomic E-state index is -0.977. The minimum absolute atomic E-state index is 0.0597. The Bertz CT molecular complexity index is 2490. The second kappa shape index (κ2) is 25.8. The van der Waals surface area contributed by atoms with Crippen molar-refractivity contribution < 1.29 is 47.8 Å². The number of nitrogens with zero attached hydrogens (tertiary/aromatic N) is 4. The molecule has 0 spiro atoms. The fourth-order valence-corrected chi connectivity index (χ4v) is 12.0. The van der Waals surface area contributed by atoms with E-state index >= 15 is 0 Å². The molecule has 2 aliphatic carbocycles. The van der Waals surface area contributed by atoms with Crippen LogP contribution in [0, 0.1) is 23.7 Å². The molecular formula is C60H82N6O10. The van der Waals surface area contributed by atoms with Crippen LogP contribution in [0.2, 0.25) is 0 Å². The highest BCUT2D eigenvalue weighted by Crippen LogP contribution is 2.44. The van der Waals surface area contributed by atoms with Crippen LogP contribution >= 0.6 is 0 Å². The zero-order valence-corrected chi connectivity index (χ0v) is 46.5. The van der Waals surface area contributed by atoms with E-state index in [4.69, 9.17) is 19.0 Å². The summed E-state index contributed by atoms with van der Waals surface area (Å²) in [5, 5.41) is 7.48. The third-order valence-electron chi connectivity index (χ3n) is 16.4. The zero-order chi connectivity index (χ0) is 55.0. The van der Waals surface area contributed by atoms with E-state index < -0.39 is 60.3 Å². The summed E-state index contributed by atoms with van der Waals surface area (Å²) in [4.78, 5) is 96.8. The topological polar surface area (TPSA) is 176 Å². The van der Waals surface area contributed by atoms with Crippen LogP contribution in [0.5, 0.6) is 0 Å². The number of likely N-dealkylation sites (tertiary alicyclic amines) is 1. The number of hydrogen-bond acceptors (Lipinski definition) is 10. The van der Waals surface area contributed by atoms with Crippen LogP contribution < -0.4 is 10.6 Å². The molecule has 16 heteroatoms. The number of likely N-dealkylation sites (N-methyl/N-ethyl adjacent to an activating group) is 2. The number of hydroxylamine groups is 2. The van der Waals surface area contributed by atoms with Gasteiger partial charge in [0.15, 0.2) is 0 Å². The highest BCUT2D eigenvalue weighted by molar-refractivity contribution is 5.92. The number of hydrogen-bond donors (Lipinski definition) is 2. The van der Waals surface area contributed by atoms with Gasteiger partial charge in [0.1, 0.15) is 30.8 Å². The van der Waals surface area contributed by atoms with Crippen LogP contribution in [0.25, 0.3) is 11.1 Å². The first-order chi connectivity index (χ1) is 36.4. The van der Waals surface area contributed by atoms with Crippen molar-refractivity contribution in [1.29, 1.82) is 0 Å². The van der Waals surface area contributed by atoms with Gasteiger partial charge in [-0.25, -0.2) is 9.86 Å². The molecule has 11 atom stereocenters. The standard InChI is InChI=1S/C60H82N6O10/c1-12-38(6)54(63(8)59(71)52(36(2)3)62-57(69)53(37(4)5)64(9)60(72)75-35-47-45-25-18-16-23-43(45)44-24-17-19-26-46(44)47)50(73-10)34-51(67)65-32-20-27-49(65)55(74-11)39(7)56(68)61-48(33-40-21-14-13-15-22-40)58(70)66-41-28-30-42(76-66)31-29-41/h13-19,21-26,28,30,36-39,41-42,47-50,52-55H,12,20,27,29,31-35H2,1-11H3,(H,61,68)(H,62,69)/t38-,39+,41?,42?,48-,49-,50+,52-,53-,54-,55+/m0/s1. The summed E-state index contributed by atoms with van der Waals surface area (Å²) in [5.41, 5.74) is 5.26. The zero-order valence-electron chi connectivity index (χ0n) is 46.5. The summed E-state index contributed by atoms with van der Waals surface area (Å²) in [7, 11) is 6.31. The van der Waals surface area contributed by atoms with Gasteiger partial charge in [-0.15, -0.1) is 0 Å². The van der Waals surface area contributed by atoms with Crippen molar-refractivity contribution in [1.82, 2.24) is 30.4 Å². The molecule has 2 fully saturated rings. The predicted molar refractivity (Wildman–Crippen MR) is 290 cm³/mol. The van der Waals surface area contributed by atoms with Gasteiger partial charge in [0.05, 0.1) is 42.7 Å². The molecule has 0 saturated carbocycles. The summed E-state index contributed by atoms with van der Waals surface area (Å²) in [6.07, 6.45) is 5.46. The third kappa shape index (κ3) is 12.7. The van der Waals surface area contributed by atoms with Crippen LogP contribution in [0.4, 0.5) is 4.79 Å². The van der Waals surface area contributed by atoms with Crippen LogP contribution in [0.1, 0.15) is 110 Å². The molecule has 3 aliphatic heterocycles. The number of carbonyl (C=O) groups is 6. The second-order valence-corrected chi connectivity index (χ2v) is 22.0. The van der Waals surface area contributed by atoms with Gasteiger partial charge in [-0.3, -0.25) is 33.7 Å². The molecule has 76 heavy (non-hydrogen) atoms. The van der Waals surface area contributed by atoms with Gasteiger partial charge in [-0.2, -0.15) is 0 Å². The first-order valence-electron chi connectivity index (χ1n) is 27.4. The van der Waals surface area contributed by atoms with Gasteiger partial charge in [-0.1, -0.05) is 146 Å². The summed E-state index contributed by atoms with van der Waals surface area (Å²) in [6, 6.07) is 21.7. The molecule has 3 aromatic rings. The molecular weight excluding hydrogens is 965 g/mol. The van der Waals surface area contributed by atoms with Crippen molar-refractivity contribution >= 4 is 35.6 Å². The molecule has 2 saturated heterocycles. The molecule has 2 N–H and O–H groups in total. The van der Waals surface area contributed by atoms with Gasteiger partial charge in [0.25, 0.3) is 5.91 Å². The molecule has 5 aliphatic rings. The van der Waals surface area contributed by atoms with E-state index in [-0.39, 0.29) is 78.9 Å². The van der Waals surface area contributed by atoms with Crippen molar-refractivity contribution in [2.45, 2.75) is 154 Å². The molecule has 3 aromatic carbocycles. The fraction of sp³-hybridized carbons (Fsp3) is 0.567. The molecule has 2 unspecified atom stereocenters. The van der Waals surface area contributed by atoms with Crippen LogP contribution in [0.15, 0.2) is 91.0 Å². The normalized spacial score (nSPS) is 20.9. The Morgan fingerprint density at radius 1 is 0.750 bits per heavy atom. The van der Waals surface area contributed by atoms with Gasteiger partial charge < -0.3 is 34.6 Å². The first kappa shape index (κ1) is 57.6. The number of rotatable bonds is 23. The number of nitrogens with one attached hydrogen (secondary N) is 2. The van der Waals surface area contributed by atoms with Crippen molar-refractivity contribution in [3.63, 3.8) is 0 Å². The van der Waals surface area contributed by atoms with Crippen LogP contribution in [0.3, 0.4) is 0 Å². The maximum absolute atomic E-state index is 14.8. The Morgan fingerprint density at radius 3 is 1.95 bits per heavy atom. The van der Waals surface area contributed by atoms with E-state index in [9.17, 15) is 28.8 Å². The monoisotopic (exact) mass is 1050 g/mol. The van der Waals surface area contributed by atoms with E-state index in [1.54, 1.807) is 30.8 Å². The SMILES string of the molecule is CC[C@H](C)[C@@H]([C@@H](CC(=O)N1CCC[C@H]1[C@H](OC)[C@@H](C)C(=O)N[C@@H](Cc1ccccc1)C(=O)N1OC2C=CC1CC2)OC)N(C)C(=O)[C@@H](NC(=O)[C@H](C(C)C)N(C)C(=O)OCC1c2ccccc2-c2ccccc21)C(C)C. The Morgan fingerprint density at radius 2 is 1.39 bits per heavy atom. The van der Waals surface area contributed by atoms with Crippen LogP contribution in [-0.2, 0) is 49.4 Å². The molecule has 2 bridgehead atoms. The molecule has 16 nitrogen and oxygen atoms in total. The maximum atomic E-state index is 14.8. The van der Waals surface area contributed by atoms with Gasteiger partial charge >= 0.3 is 6.09 Å². The van der Waals surface area contributed by atoms with E-state index in [1.165, 1.54) is 24.2 Å². The lowest BCUT2D eigenvalue weighted by Crippen LogP contribution is -2.60. The number of benzene rings is 3. The van der Waals surface area contributed by atoms with Crippen molar-refractivity contribution in [3.05, 3.63) is 108 Å². The lowest BCUT2D eigenvalue weighted by Gasteiger charge is -2.42. The number of fused-ring (bicyclic) bond motifs is 5. The van der Waals surface area contributed by atoms with Gasteiger partial charge in [0, 0.05) is 47.2 Å². The fourth-order valence-electron chi connectivity index (χ4n) is 12.0. The van der Waals surface area contributed by atoms with E-state index in [1.807, 2.05) is 108 Å². The summed E-state index contributed by atoms with van der Waals surface area (Å²) < 4.78 is 18.2. The molecule has 0 radical (unpaired) electrons. The molecule has 6 amide bonds. The Hall–Kier alpha value is -6.10. The van der Waals surface area contributed by atoms with E-state index in [2.05, 4.69) is 34.9 Å². The smallest absolute Gasteiger partial charge is 0.410 e. The average molecular weight is 1050 g/mol. The highest BCUT2D eigenvalue weighted by Gasteiger charge is 2.45. The second-order valence-electron chi connectivity index (χ2n) is 22.0. The van der Waals surface area contributed by atoms with Gasteiger partial charge in [-0.05, 0) is 71.3 Å². The van der Waals surface area contributed by atoms with Crippen LogP contribution in [-0.4, -0.2) is 151 Å². The quantitative estimate of drug-likeness (QED) is 0.0903. The highest BCUT2D eigenvalue weighted by atomic mass is 16.7. The first-order valence-corrected chi connectivity index (χ1v) is 27.4. The molecule has 412 valence electrons. The minimum Gasteiger partial charge on any atom is -0.448 e. The Kier molecular flexibility index (Phi) is 19.6. The van der Waals surface area contributed by atoms with Crippen molar-refractivity contribution in [2.75, 3.05) is 41.5 Å². The third-order valence-corrected chi connectivity index (χ3v) is 16.4. The van der Waals surface area contributed by atoms with E-state index in [0.717, 1.165) is 40.7 Å². The average Bonchev–Trinajstić information content (AvgIpc) is 4.05. The summed E-state index contributed by atoms with van der Waals surface area (Å²) in [6.45, 7) is 13.8. The number of methoxy groups -OCH3 is 2. The number of amides is 6. The summed E-state index contributed by atoms with van der Waals surface area (Å²) >= 11 is 0. The summed E-state index contributed by atoms with van der Waals surface area (Å²) in [5.74, 6) is -3.45. The lowest BCUT2D eigenvalue weighted by molar-refractivity contribution is -0.232.